The lowest BCUT2D eigenvalue weighted by Crippen LogP contribution is -2.34. The van der Waals surface area contributed by atoms with Crippen molar-refractivity contribution < 1.29 is 14.3 Å². The smallest absolute Gasteiger partial charge is 0.225 e. The van der Waals surface area contributed by atoms with E-state index in [1.54, 1.807) is 19.1 Å². The van der Waals surface area contributed by atoms with Crippen molar-refractivity contribution in [3.63, 3.8) is 0 Å². The monoisotopic (exact) mass is 343 g/mol. The van der Waals surface area contributed by atoms with Crippen molar-refractivity contribution >= 4 is 22.7 Å². The number of rotatable bonds is 6. The number of amides is 2. The van der Waals surface area contributed by atoms with Crippen molar-refractivity contribution in [3.8, 4) is 0 Å². The number of carbonyl (C=O) groups excluding carboxylic acids is 2. The zero-order chi connectivity index (χ0) is 17.8. The van der Waals surface area contributed by atoms with E-state index in [4.69, 9.17) is 4.74 Å². The summed E-state index contributed by atoms with van der Waals surface area (Å²) in [5.41, 5.74) is 2.24. The van der Waals surface area contributed by atoms with Gasteiger partial charge in [-0.15, -0.1) is 0 Å². The highest BCUT2D eigenvalue weighted by molar-refractivity contribution is 5.85. The first-order valence-electron chi connectivity index (χ1n) is 8.67. The second-order valence-electron chi connectivity index (χ2n) is 6.59. The van der Waals surface area contributed by atoms with Gasteiger partial charge in [0.2, 0.25) is 11.8 Å². The summed E-state index contributed by atoms with van der Waals surface area (Å²) in [6.07, 6.45) is 3.12. The van der Waals surface area contributed by atoms with Crippen molar-refractivity contribution in [2.24, 2.45) is 11.8 Å². The van der Waals surface area contributed by atoms with Crippen LogP contribution in [0.4, 0.5) is 0 Å². The predicted octanol–water partition coefficient (Wildman–Crippen LogP) is 1.57. The molecule has 2 heterocycles. The highest BCUT2D eigenvalue weighted by Crippen LogP contribution is 2.25. The fourth-order valence-corrected chi connectivity index (χ4v) is 3.68. The summed E-state index contributed by atoms with van der Waals surface area (Å²) in [5, 5.41) is 3.86. The Morgan fingerprint density at radius 1 is 1.32 bits per heavy atom. The molecular weight excluding hydrogens is 318 g/mol. The number of aromatic nitrogens is 1. The molecule has 1 aliphatic heterocycles. The summed E-state index contributed by atoms with van der Waals surface area (Å²) < 4.78 is 5.22. The van der Waals surface area contributed by atoms with Crippen molar-refractivity contribution in [2.75, 3.05) is 33.9 Å². The maximum absolute atomic E-state index is 12.6. The van der Waals surface area contributed by atoms with Gasteiger partial charge in [0.25, 0.3) is 0 Å². The highest BCUT2D eigenvalue weighted by Gasteiger charge is 2.38. The standard InChI is InChI=1S/C19H25N3O3/c1-20-19(24)16-11-22(10-14(16)12-25-2)18(23)8-7-13-9-21-17-6-4-3-5-15(13)17/h3-6,9,14,16,21H,7-8,10-12H2,1-2H3,(H,20,24)/t14-,16+/m0/s1. The zero-order valence-electron chi connectivity index (χ0n) is 14.7. The Morgan fingerprint density at radius 3 is 2.88 bits per heavy atom. The maximum atomic E-state index is 12.6. The zero-order valence-corrected chi connectivity index (χ0v) is 14.7. The number of fused-ring (bicyclic) bond motifs is 1. The minimum atomic E-state index is -0.193. The van der Waals surface area contributed by atoms with Crippen molar-refractivity contribution in [1.82, 2.24) is 15.2 Å². The minimum Gasteiger partial charge on any atom is -0.384 e. The first kappa shape index (κ1) is 17.5. The number of carbonyl (C=O) groups is 2. The SMILES string of the molecule is CNC(=O)[C@@H]1CN(C(=O)CCc2c[nH]c3ccccc23)C[C@H]1COC. The Labute approximate surface area is 147 Å². The maximum Gasteiger partial charge on any atom is 0.225 e. The lowest BCUT2D eigenvalue weighted by atomic mass is 9.96. The lowest BCUT2D eigenvalue weighted by Gasteiger charge is -2.16. The van der Waals surface area contributed by atoms with E-state index in [-0.39, 0.29) is 23.7 Å². The van der Waals surface area contributed by atoms with E-state index in [0.29, 0.717) is 32.5 Å². The molecule has 2 amide bonds. The van der Waals surface area contributed by atoms with E-state index in [9.17, 15) is 9.59 Å². The molecule has 1 aromatic heterocycles. The summed E-state index contributed by atoms with van der Waals surface area (Å²) in [6.45, 7) is 1.55. The molecule has 6 heteroatoms. The number of para-hydroxylation sites is 1. The summed E-state index contributed by atoms with van der Waals surface area (Å²) in [5.74, 6) is -0.0595. The Morgan fingerprint density at radius 2 is 2.12 bits per heavy atom. The van der Waals surface area contributed by atoms with Crippen LogP contribution in [0.15, 0.2) is 30.5 Å². The van der Waals surface area contributed by atoms with Gasteiger partial charge in [0.1, 0.15) is 0 Å². The Bertz CT molecular complexity index is 755. The van der Waals surface area contributed by atoms with Crippen LogP contribution in [0, 0.1) is 11.8 Å². The van der Waals surface area contributed by atoms with Crippen LogP contribution < -0.4 is 5.32 Å². The van der Waals surface area contributed by atoms with Gasteiger partial charge in [-0.1, -0.05) is 18.2 Å². The Hall–Kier alpha value is -2.34. The fraction of sp³-hybridized carbons (Fsp3) is 0.474. The number of hydrogen-bond donors (Lipinski definition) is 2. The van der Waals surface area contributed by atoms with Gasteiger partial charge >= 0.3 is 0 Å². The number of likely N-dealkylation sites (tertiary alicyclic amines) is 1. The number of aryl methyl sites for hydroxylation is 1. The third kappa shape index (κ3) is 3.69. The van der Waals surface area contributed by atoms with Gasteiger partial charge in [-0.3, -0.25) is 9.59 Å². The second-order valence-corrected chi connectivity index (χ2v) is 6.59. The number of ether oxygens (including phenoxy) is 1. The molecule has 1 saturated heterocycles. The van der Waals surface area contributed by atoms with E-state index in [2.05, 4.69) is 16.4 Å². The van der Waals surface area contributed by atoms with Crippen molar-refractivity contribution in [3.05, 3.63) is 36.0 Å². The van der Waals surface area contributed by atoms with Gasteiger partial charge in [0, 0.05) is 56.7 Å². The van der Waals surface area contributed by atoms with Gasteiger partial charge in [-0.05, 0) is 18.1 Å². The first-order valence-corrected chi connectivity index (χ1v) is 8.67. The Kier molecular flexibility index (Phi) is 5.38. The molecule has 0 aliphatic carbocycles. The predicted molar refractivity (Wildman–Crippen MR) is 96.1 cm³/mol. The van der Waals surface area contributed by atoms with Crippen LogP contribution in [-0.4, -0.2) is 55.6 Å². The first-order chi connectivity index (χ1) is 12.1. The van der Waals surface area contributed by atoms with Crippen molar-refractivity contribution in [2.45, 2.75) is 12.8 Å². The molecule has 0 saturated carbocycles. The van der Waals surface area contributed by atoms with E-state index >= 15 is 0 Å². The number of aromatic amines is 1. The van der Waals surface area contributed by atoms with Crippen LogP contribution in [0.5, 0.6) is 0 Å². The molecule has 0 bridgehead atoms. The van der Waals surface area contributed by atoms with Crippen LogP contribution in [0.1, 0.15) is 12.0 Å². The number of H-pyrrole nitrogens is 1. The van der Waals surface area contributed by atoms with E-state index in [1.165, 1.54) is 0 Å². The summed E-state index contributed by atoms with van der Waals surface area (Å²) in [6, 6.07) is 8.10. The van der Waals surface area contributed by atoms with E-state index in [1.807, 2.05) is 24.4 Å². The van der Waals surface area contributed by atoms with Gasteiger partial charge in [0.05, 0.1) is 12.5 Å². The van der Waals surface area contributed by atoms with Crippen LogP contribution in [0.3, 0.4) is 0 Å². The third-order valence-electron chi connectivity index (χ3n) is 5.04. The van der Waals surface area contributed by atoms with Gasteiger partial charge in [-0.2, -0.15) is 0 Å². The number of benzene rings is 1. The molecule has 3 rings (SSSR count). The van der Waals surface area contributed by atoms with Crippen LogP contribution in [0.25, 0.3) is 10.9 Å². The largest absolute Gasteiger partial charge is 0.384 e. The molecule has 2 N–H and O–H groups in total. The molecule has 1 aliphatic rings. The van der Waals surface area contributed by atoms with Crippen LogP contribution >= 0.6 is 0 Å². The molecule has 2 aromatic rings. The average molecular weight is 343 g/mol. The topological polar surface area (TPSA) is 74.4 Å². The average Bonchev–Trinajstić information content (AvgIpc) is 3.24. The lowest BCUT2D eigenvalue weighted by molar-refractivity contribution is -0.130. The molecule has 0 spiro atoms. The van der Waals surface area contributed by atoms with Gasteiger partial charge < -0.3 is 19.9 Å². The highest BCUT2D eigenvalue weighted by atomic mass is 16.5. The number of nitrogens with one attached hydrogen (secondary N) is 2. The molecule has 1 fully saturated rings. The van der Waals surface area contributed by atoms with Gasteiger partial charge in [0.15, 0.2) is 0 Å². The van der Waals surface area contributed by atoms with Crippen molar-refractivity contribution in [1.29, 1.82) is 0 Å². The number of nitrogens with zero attached hydrogens (tertiary/aromatic N) is 1. The summed E-state index contributed by atoms with van der Waals surface area (Å²) >= 11 is 0. The Balaban J connectivity index is 1.62. The number of hydrogen-bond acceptors (Lipinski definition) is 3. The normalized spacial score (nSPS) is 20.2. The third-order valence-corrected chi connectivity index (χ3v) is 5.04. The molecule has 0 unspecified atom stereocenters. The second kappa shape index (κ2) is 7.70. The fourth-order valence-electron chi connectivity index (χ4n) is 3.68. The molecule has 2 atom stereocenters. The molecule has 25 heavy (non-hydrogen) atoms. The summed E-state index contributed by atoms with van der Waals surface area (Å²) in [7, 11) is 3.26. The van der Waals surface area contributed by atoms with Crippen LogP contribution in [0.2, 0.25) is 0 Å². The quantitative estimate of drug-likeness (QED) is 0.836. The molecule has 0 radical (unpaired) electrons. The van der Waals surface area contributed by atoms with Crippen LogP contribution in [-0.2, 0) is 20.7 Å². The van der Waals surface area contributed by atoms with E-state index < -0.39 is 0 Å². The summed E-state index contributed by atoms with van der Waals surface area (Å²) in [4.78, 5) is 29.7. The number of methoxy groups -OCH3 is 1. The molecule has 6 nitrogen and oxygen atoms in total. The molecule has 134 valence electrons. The van der Waals surface area contributed by atoms with Gasteiger partial charge in [-0.25, -0.2) is 0 Å². The van der Waals surface area contributed by atoms with E-state index in [0.717, 1.165) is 16.5 Å². The molecule has 1 aromatic carbocycles. The minimum absolute atomic E-state index is 0.0195. The molecular formula is C19H25N3O3.